The van der Waals surface area contributed by atoms with E-state index in [0.717, 1.165) is 18.2 Å². The van der Waals surface area contributed by atoms with Crippen molar-refractivity contribution in [2.75, 3.05) is 26.9 Å². The predicted octanol–water partition coefficient (Wildman–Crippen LogP) is 0.481. The normalized spacial score (nSPS) is 23.9. The summed E-state index contributed by atoms with van der Waals surface area (Å²) in [6.45, 7) is 1.38. The van der Waals surface area contributed by atoms with E-state index in [2.05, 4.69) is 17.2 Å². The van der Waals surface area contributed by atoms with Crippen molar-refractivity contribution in [1.82, 2.24) is 10.6 Å². The van der Waals surface area contributed by atoms with Crippen LogP contribution in [0.25, 0.3) is 11.1 Å². The zero-order valence-electron chi connectivity index (χ0n) is 21.9. The number of esters is 1. The summed E-state index contributed by atoms with van der Waals surface area (Å²) in [7, 11) is 1.05. The molecular weight excluding hydrogens is 527 g/mol. The number of hydrogen-bond donors (Lipinski definition) is 5. The first-order chi connectivity index (χ1) is 19.2. The largest absolute Gasteiger partial charge is 0.465 e. The highest BCUT2D eigenvalue weighted by molar-refractivity contribution is 5.94. The molecular formula is C28H33FN2O9. The van der Waals surface area contributed by atoms with Gasteiger partial charge in [-0.2, -0.15) is 0 Å². The minimum absolute atomic E-state index is 0.214. The molecule has 5 N–H and O–H groups in total. The first kappa shape index (κ1) is 30.9. The number of rotatable bonds is 12. The summed E-state index contributed by atoms with van der Waals surface area (Å²) < 4.78 is 28.9. The third-order valence-electron chi connectivity index (χ3n) is 6.41. The second-order valence-corrected chi connectivity index (χ2v) is 9.14. The van der Waals surface area contributed by atoms with Crippen molar-refractivity contribution < 1.29 is 48.3 Å². The second-order valence-electron chi connectivity index (χ2n) is 9.14. The molecule has 3 rings (SSSR count). The maximum Gasteiger partial charge on any atom is 0.366 e. The number of amides is 2. The summed E-state index contributed by atoms with van der Waals surface area (Å²) in [5.74, 6) is -4.95. The van der Waals surface area contributed by atoms with E-state index in [0.29, 0.717) is 5.56 Å². The van der Waals surface area contributed by atoms with Gasteiger partial charge in [0.15, 0.2) is 6.67 Å². The van der Waals surface area contributed by atoms with E-state index >= 15 is 0 Å². The number of alkyl halides is 1. The van der Waals surface area contributed by atoms with E-state index in [4.69, 9.17) is 14.2 Å². The smallest absolute Gasteiger partial charge is 0.366 e. The molecule has 2 aromatic carbocycles. The molecule has 0 saturated carbocycles. The Balaban J connectivity index is 1.74. The molecule has 40 heavy (non-hydrogen) atoms. The van der Waals surface area contributed by atoms with Crippen LogP contribution in [0.2, 0.25) is 0 Å². The van der Waals surface area contributed by atoms with Gasteiger partial charge in [-0.25, -0.2) is 9.18 Å². The van der Waals surface area contributed by atoms with Crippen molar-refractivity contribution >= 4 is 17.8 Å². The molecule has 216 valence electrons. The Bertz CT molecular complexity index is 1160. The predicted molar refractivity (Wildman–Crippen MR) is 141 cm³/mol. The number of hydrogen-bond acceptors (Lipinski definition) is 9. The molecule has 1 aliphatic rings. The van der Waals surface area contributed by atoms with Crippen molar-refractivity contribution in [3.63, 3.8) is 0 Å². The first-order valence-corrected chi connectivity index (χ1v) is 12.5. The van der Waals surface area contributed by atoms with Crippen molar-refractivity contribution in [2.24, 2.45) is 0 Å². The van der Waals surface area contributed by atoms with Gasteiger partial charge in [0.05, 0.1) is 32.0 Å². The van der Waals surface area contributed by atoms with E-state index in [-0.39, 0.29) is 6.61 Å². The quantitative estimate of drug-likeness (QED) is 0.184. The average Bonchev–Trinajstić information content (AvgIpc) is 2.99. The number of aliphatic hydroxyl groups is 3. The number of carbonyl (C=O) groups is 3. The number of aliphatic hydroxyl groups excluding tert-OH is 3. The minimum Gasteiger partial charge on any atom is -0.465 e. The van der Waals surface area contributed by atoms with E-state index in [1.54, 1.807) is 24.3 Å². The maximum atomic E-state index is 12.9. The lowest BCUT2D eigenvalue weighted by molar-refractivity contribution is -0.308. The van der Waals surface area contributed by atoms with Gasteiger partial charge in [0.2, 0.25) is 0 Å². The average molecular weight is 561 g/mol. The molecule has 4 unspecified atom stereocenters. The van der Waals surface area contributed by atoms with Gasteiger partial charge >= 0.3 is 5.97 Å². The molecule has 0 radical (unpaired) electrons. The molecule has 0 spiro atoms. The van der Waals surface area contributed by atoms with Crippen LogP contribution in [-0.2, 0) is 23.8 Å². The monoisotopic (exact) mass is 560 g/mol. The minimum atomic E-state index is -2.23. The Morgan fingerprint density at radius 2 is 1.80 bits per heavy atom. The van der Waals surface area contributed by atoms with Gasteiger partial charge in [-0.05, 0) is 23.3 Å². The van der Waals surface area contributed by atoms with E-state index < -0.39 is 73.7 Å². The lowest BCUT2D eigenvalue weighted by Crippen LogP contribution is -2.68. The second kappa shape index (κ2) is 14.1. The molecule has 2 aromatic rings. The molecule has 2 amide bonds. The van der Waals surface area contributed by atoms with Crippen molar-refractivity contribution in [3.05, 3.63) is 72.8 Å². The molecule has 0 aromatic heterocycles. The van der Waals surface area contributed by atoms with E-state index in [9.17, 15) is 34.1 Å². The SMILES string of the molecule is C=CCOC1(C(=O)OC)CC(O)C(NC(=O)CF)C([C@@H](O)[C@H](O)CNC(=O)c2ccc(-c3ccccc3)cc2)O1. The third-order valence-corrected chi connectivity index (χ3v) is 6.41. The Hall–Kier alpha value is -3.68. The van der Waals surface area contributed by atoms with Gasteiger partial charge in [0.1, 0.15) is 12.2 Å². The molecule has 12 heteroatoms. The summed E-state index contributed by atoms with van der Waals surface area (Å²) in [5.41, 5.74) is 2.16. The fraction of sp³-hybridized carbons (Fsp3) is 0.393. The van der Waals surface area contributed by atoms with Crippen LogP contribution in [0.5, 0.6) is 0 Å². The lowest BCUT2D eigenvalue weighted by Gasteiger charge is -2.46. The van der Waals surface area contributed by atoms with Gasteiger partial charge in [-0.1, -0.05) is 48.5 Å². The highest BCUT2D eigenvalue weighted by Gasteiger charge is 2.56. The van der Waals surface area contributed by atoms with Gasteiger partial charge in [-0.3, -0.25) is 9.59 Å². The van der Waals surface area contributed by atoms with Gasteiger partial charge in [0.25, 0.3) is 17.6 Å². The van der Waals surface area contributed by atoms with Gasteiger partial charge in [-0.15, -0.1) is 6.58 Å². The van der Waals surface area contributed by atoms with Crippen molar-refractivity contribution in [2.45, 2.75) is 42.7 Å². The van der Waals surface area contributed by atoms with Crippen LogP contribution in [0.4, 0.5) is 4.39 Å². The Kier molecular flexibility index (Phi) is 10.9. The van der Waals surface area contributed by atoms with Crippen LogP contribution in [0.1, 0.15) is 16.8 Å². The number of methoxy groups -OCH3 is 1. The van der Waals surface area contributed by atoms with Gasteiger partial charge in [0, 0.05) is 18.5 Å². The van der Waals surface area contributed by atoms with Crippen LogP contribution >= 0.6 is 0 Å². The zero-order valence-corrected chi connectivity index (χ0v) is 21.9. The number of nitrogens with one attached hydrogen (secondary N) is 2. The summed E-state index contributed by atoms with van der Waals surface area (Å²) in [4.78, 5) is 37.0. The Morgan fingerprint density at radius 3 is 2.40 bits per heavy atom. The Morgan fingerprint density at radius 1 is 1.15 bits per heavy atom. The highest BCUT2D eigenvalue weighted by Crippen LogP contribution is 2.34. The van der Waals surface area contributed by atoms with Crippen LogP contribution < -0.4 is 10.6 Å². The Labute approximate surface area is 230 Å². The summed E-state index contributed by atoms with van der Waals surface area (Å²) in [6, 6.07) is 14.8. The number of benzene rings is 2. The van der Waals surface area contributed by atoms with E-state index in [1.807, 2.05) is 30.3 Å². The molecule has 1 saturated heterocycles. The maximum absolute atomic E-state index is 12.9. The first-order valence-electron chi connectivity index (χ1n) is 12.5. The van der Waals surface area contributed by atoms with Crippen LogP contribution in [0, 0.1) is 0 Å². The number of carbonyl (C=O) groups excluding carboxylic acids is 3. The summed E-state index contributed by atoms with van der Waals surface area (Å²) in [6.07, 6.45) is -6.10. The van der Waals surface area contributed by atoms with E-state index in [1.165, 1.54) is 6.08 Å². The number of ether oxygens (including phenoxy) is 3. The van der Waals surface area contributed by atoms with Crippen LogP contribution in [-0.4, -0.2) is 96.3 Å². The lowest BCUT2D eigenvalue weighted by atomic mass is 9.88. The van der Waals surface area contributed by atoms with Gasteiger partial charge < -0.3 is 40.2 Å². The number of halogens is 1. The molecule has 1 fully saturated rings. The molecule has 1 heterocycles. The van der Waals surface area contributed by atoms with Crippen molar-refractivity contribution in [3.8, 4) is 11.1 Å². The molecule has 11 nitrogen and oxygen atoms in total. The molecule has 1 aliphatic heterocycles. The standard InChI is InChI=1S/C28H33FN2O9/c1-3-13-39-28(27(37)38-2)14-20(32)23(31-22(34)15-29)25(40-28)24(35)21(33)16-30-26(36)19-11-9-18(10-12-19)17-7-5-4-6-8-17/h3-12,20-21,23-25,32-33,35H,1,13-16H2,2H3,(H,30,36)(H,31,34)/t20?,21-,23?,24+,25?,28?/m1/s1. The summed E-state index contributed by atoms with van der Waals surface area (Å²) >= 11 is 0. The highest BCUT2D eigenvalue weighted by atomic mass is 19.1. The van der Waals surface area contributed by atoms with Crippen LogP contribution in [0.15, 0.2) is 67.3 Å². The summed E-state index contributed by atoms with van der Waals surface area (Å²) in [5, 5.41) is 37.1. The molecule has 0 aliphatic carbocycles. The van der Waals surface area contributed by atoms with Crippen molar-refractivity contribution in [1.29, 1.82) is 0 Å². The topological polar surface area (TPSA) is 164 Å². The fourth-order valence-corrected chi connectivity index (χ4v) is 4.36. The fourth-order valence-electron chi connectivity index (χ4n) is 4.36. The molecule has 6 atom stereocenters. The zero-order chi connectivity index (χ0) is 29.3. The third kappa shape index (κ3) is 7.29. The van der Waals surface area contributed by atoms with Crippen LogP contribution in [0.3, 0.4) is 0 Å². The molecule has 0 bridgehead atoms.